The highest BCUT2D eigenvalue weighted by Gasteiger charge is 2.31. The average molecular weight is 478 g/mol. The third-order valence-electron chi connectivity index (χ3n) is 6.80. The molecule has 0 spiro atoms. The minimum atomic E-state index is -0.999. The molecule has 0 radical (unpaired) electrons. The van der Waals surface area contributed by atoms with Crippen molar-refractivity contribution in [2.45, 2.75) is 38.3 Å². The molecule has 2 aliphatic rings. The monoisotopic (exact) mass is 477 g/mol. The third kappa shape index (κ3) is 3.50. The predicted octanol–water partition coefficient (Wildman–Crippen LogP) is 4.95. The van der Waals surface area contributed by atoms with Crippen molar-refractivity contribution in [2.24, 2.45) is 13.0 Å². The molecule has 0 unspecified atom stereocenters. The highest BCUT2D eigenvalue weighted by atomic mass is 32.2. The number of aromatic carboxylic acids is 1. The summed E-state index contributed by atoms with van der Waals surface area (Å²) in [4.78, 5) is 21.6. The molecule has 1 aromatic carbocycles. The second-order valence-corrected chi connectivity index (χ2v) is 10.0. The molecular weight excluding hydrogens is 450 g/mol. The summed E-state index contributed by atoms with van der Waals surface area (Å²) in [5.41, 5.74) is 3.52. The summed E-state index contributed by atoms with van der Waals surface area (Å²) >= 11 is 1.73. The summed E-state index contributed by atoms with van der Waals surface area (Å²) in [6.07, 6.45) is 7.01. The van der Waals surface area contributed by atoms with Crippen LogP contribution in [-0.4, -0.2) is 49.6 Å². The van der Waals surface area contributed by atoms with Gasteiger partial charge in [-0.05, 0) is 61.9 Å². The van der Waals surface area contributed by atoms with Gasteiger partial charge in [0.1, 0.15) is 22.7 Å². The van der Waals surface area contributed by atoms with Crippen molar-refractivity contribution in [3.05, 3.63) is 35.9 Å². The fourth-order valence-electron chi connectivity index (χ4n) is 4.73. The Labute approximate surface area is 201 Å². The van der Waals surface area contributed by atoms with Crippen molar-refractivity contribution in [3.63, 3.8) is 0 Å². The maximum absolute atomic E-state index is 11.6. The molecule has 4 aromatic rings. The average Bonchev–Trinajstić information content (AvgIpc) is 3.76. The van der Waals surface area contributed by atoms with Crippen LogP contribution in [0.5, 0.6) is 5.75 Å². The number of pyridine rings is 1. The molecule has 1 N–H and O–H groups in total. The summed E-state index contributed by atoms with van der Waals surface area (Å²) in [5, 5.41) is 10.6. The maximum Gasteiger partial charge on any atom is 0.335 e. The number of ether oxygens (including phenoxy) is 1. The van der Waals surface area contributed by atoms with Crippen LogP contribution in [0.4, 0.5) is 5.82 Å². The van der Waals surface area contributed by atoms with Gasteiger partial charge in [0, 0.05) is 31.3 Å². The lowest BCUT2D eigenvalue weighted by atomic mass is 10.2. The molecule has 9 heteroatoms. The van der Waals surface area contributed by atoms with E-state index < -0.39 is 5.97 Å². The SMILES string of the molecule is COc1cc(C(=O)O)cc2nc(-c3cc4ccc(N(SC)C5CC5)nc4n3CC3CC3)n(C)c12. The van der Waals surface area contributed by atoms with Gasteiger partial charge in [-0.2, -0.15) is 0 Å². The van der Waals surface area contributed by atoms with Crippen LogP contribution in [0.1, 0.15) is 36.0 Å². The Kier molecular flexibility index (Phi) is 4.98. The quantitative estimate of drug-likeness (QED) is 0.359. The lowest BCUT2D eigenvalue weighted by Gasteiger charge is -2.20. The van der Waals surface area contributed by atoms with E-state index in [4.69, 9.17) is 14.7 Å². The first-order chi connectivity index (χ1) is 16.5. The van der Waals surface area contributed by atoms with Crippen molar-refractivity contribution in [1.82, 2.24) is 19.1 Å². The Morgan fingerprint density at radius 3 is 2.65 bits per heavy atom. The lowest BCUT2D eigenvalue weighted by Crippen LogP contribution is -2.17. The van der Waals surface area contributed by atoms with Crippen LogP contribution >= 0.6 is 11.9 Å². The van der Waals surface area contributed by atoms with E-state index in [0.717, 1.165) is 40.4 Å². The highest BCUT2D eigenvalue weighted by Crippen LogP contribution is 2.39. The van der Waals surface area contributed by atoms with E-state index in [2.05, 4.69) is 33.3 Å². The van der Waals surface area contributed by atoms with Crippen molar-refractivity contribution in [2.75, 3.05) is 17.7 Å². The number of carbonyl (C=O) groups is 1. The molecule has 6 rings (SSSR count). The van der Waals surface area contributed by atoms with Crippen LogP contribution in [-0.2, 0) is 13.6 Å². The summed E-state index contributed by atoms with van der Waals surface area (Å²) in [6, 6.07) is 10.2. The number of anilines is 1. The zero-order chi connectivity index (χ0) is 23.6. The van der Waals surface area contributed by atoms with Gasteiger partial charge in [0.2, 0.25) is 0 Å². The standard InChI is InChI=1S/C25H27N5O3S/c1-28-22-18(10-16(25(31)32)12-20(22)33-2)26-24(28)19-11-15-6-9-21(30(34-3)17-7-8-17)27-23(15)29(19)13-14-4-5-14/h6,9-12,14,17H,4-5,7-8,13H2,1-3H3,(H,31,32). The predicted molar refractivity (Wildman–Crippen MR) is 135 cm³/mol. The topological polar surface area (TPSA) is 85.4 Å². The molecule has 34 heavy (non-hydrogen) atoms. The fourth-order valence-corrected chi connectivity index (χ4v) is 5.52. The first-order valence-corrected chi connectivity index (χ1v) is 12.8. The van der Waals surface area contributed by atoms with E-state index in [1.807, 2.05) is 11.6 Å². The zero-order valence-corrected chi connectivity index (χ0v) is 20.3. The number of aromatic nitrogens is 4. The zero-order valence-electron chi connectivity index (χ0n) is 19.5. The van der Waals surface area contributed by atoms with Crippen LogP contribution in [0.3, 0.4) is 0 Å². The van der Waals surface area contributed by atoms with E-state index in [9.17, 15) is 9.90 Å². The summed E-state index contributed by atoms with van der Waals surface area (Å²) in [6.45, 7) is 0.901. The van der Waals surface area contributed by atoms with Gasteiger partial charge in [-0.3, -0.25) is 4.31 Å². The number of benzene rings is 1. The molecule has 176 valence electrons. The number of hydrogen-bond donors (Lipinski definition) is 1. The van der Waals surface area contributed by atoms with Crippen LogP contribution < -0.4 is 9.04 Å². The molecule has 2 fully saturated rings. The van der Waals surface area contributed by atoms with Crippen molar-refractivity contribution in [1.29, 1.82) is 0 Å². The van der Waals surface area contributed by atoms with Gasteiger partial charge in [-0.15, -0.1) is 0 Å². The molecule has 2 aliphatic carbocycles. The van der Waals surface area contributed by atoms with E-state index in [1.54, 1.807) is 31.2 Å². The normalized spacial score (nSPS) is 15.9. The molecule has 0 atom stereocenters. The largest absolute Gasteiger partial charge is 0.494 e. The van der Waals surface area contributed by atoms with Crippen molar-refractivity contribution >= 4 is 45.8 Å². The van der Waals surface area contributed by atoms with Gasteiger partial charge < -0.3 is 19.0 Å². The van der Waals surface area contributed by atoms with E-state index in [1.165, 1.54) is 25.7 Å². The first-order valence-electron chi connectivity index (χ1n) is 11.6. The number of carboxylic acids is 1. The third-order valence-corrected chi connectivity index (χ3v) is 7.68. The van der Waals surface area contributed by atoms with Gasteiger partial charge >= 0.3 is 5.97 Å². The molecule has 3 aromatic heterocycles. The second kappa shape index (κ2) is 7.94. The summed E-state index contributed by atoms with van der Waals surface area (Å²) in [5.74, 6) is 1.94. The summed E-state index contributed by atoms with van der Waals surface area (Å²) < 4.78 is 12.2. The van der Waals surface area contributed by atoms with Crippen molar-refractivity contribution < 1.29 is 14.6 Å². The van der Waals surface area contributed by atoms with Gasteiger partial charge in [0.25, 0.3) is 0 Å². The first kappa shape index (κ1) is 21.3. The molecular formula is C25H27N5O3S. The smallest absolute Gasteiger partial charge is 0.335 e. The van der Waals surface area contributed by atoms with Crippen molar-refractivity contribution in [3.8, 4) is 17.3 Å². The minimum absolute atomic E-state index is 0.163. The van der Waals surface area contributed by atoms with Gasteiger partial charge in [0.15, 0.2) is 5.82 Å². The van der Waals surface area contributed by atoms with Crippen LogP contribution in [0.2, 0.25) is 0 Å². The van der Waals surface area contributed by atoms with Crippen LogP contribution in [0.25, 0.3) is 33.6 Å². The fraction of sp³-hybridized carbons (Fsp3) is 0.400. The Balaban J connectivity index is 1.55. The number of fused-ring (bicyclic) bond motifs is 2. The Morgan fingerprint density at radius 1 is 1.21 bits per heavy atom. The van der Waals surface area contributed by atoms with Crippen LogP contribution in [0, 0.1) is 5.92 Å². The van der Waals surface area contributed by atoms with Crippen LogP contribution in [0.15, 0.2) is 30.3 Å². The number of nitrogens with zero attached hydrogens (tertiary/aromatic N) is 5. The van der Waals surface area contributed by atoms with Gasteiger partial charge in [-0.1, -0.05) is 11.9 Å². The van der Waals surface area contributed by atoms with E-state index in [0.29, 0.717) is 23.2 Å². The number of aryl methyl sites for hydroxylation is 1. The summed E-state index contributed by atoms with van der Waals surface area (Å²) in [7, 11) is 3.51. The molecule has 0 aliphatic heterocycles. The number of rotatable bonds is 8. The molecule has 0 bridgehead atoms. The number of carboxylic acid groups (broad SMARTS) is 1. The molecule has 3 heterocycles. The molecule has 0 saturated heterocycles. The van der Waals surface area contributed by atoms with E-state index in [-0.39, 0.29) is 5.56 Å². The number of methoxy groups -OCH3 is 1. The van der Waals surface area contributed by atoms with Gasteiger partial charge in [-0.25, -0.2) is 14.8 Å². The Bertz CT molecular complexity index is 1430. The maximum atomic E-state index is 11.6. The molecule has 2 saturated carbocycles. The Morgan fingerprint density at radius 2 is 2.00 bits per heavy atom. The Hall–Kier alpha value is -3.20. The number of hydrogen-bond acceptors (Lipinski definition) is 6. The molecule has 8 nitrogen and oxygen atoms in total. The second-order valence-electron chi connectivity index (χ2n) is 9.25. The minimum Gasteiger partial charge on any atom is -0.494 e. The highest BCUT2D eigenvalue weighted by molar-refractivity contribution is 8.00. The molecule has 0 amide bonds. The lowest BCUT2D eigenvalue weighted by molar-refractivity contribution is 0.0696. The van der Waals surface area contributed by atoms with Gasteiger partial charge in [0.05, 0.1) is 23.9 Å². The van der Waals surface area contributed by atoms with E-state index >= 15 is 0 Å². The number of imidazole rings is 1.